The van der Waals surface area contributed by atoms with E-state index in [2.05, 4.69) is 29.6 Å². The van der Waals surface area contributed by atoms with Gasteiger partial charge in [-0.2, -0.15) is 0 Å². The van der Waals surface area contributed by atoms with Gasteiger partial charge in [-0.25, -0.2) is 4.98 Å². The van der Waals surface area contributed by atoms with Crippen molar-refractivity contribution in [2.75, 3.05) is 19.0 Å². The zero-order valence-electron chi connectivity index (χ0n) is 22.8. The van der Waals surface area contributed by atoms with Gasteiger partial charge in [0.25, 0.3) is 11.8 Å². The summed E-state index contributed by atoms with van der Waals surface area (Å²) < 4.78 is 2.22. The number of aromatic nitrogens is 2. The summed E-state index contributed by atoms with van der Waals surface area (Å²) in [5, 5.41) is 4.27. The predicted octanol–water partition coefficient (Wildman–Crippen LogP) is 5.25. The molecule has 0 spiro atoms. The Labute approximate surface area is 228 Å². The van der Waals surface area contributed by atoms with Crippen LogP contribution in [0.5, 0.6) is 0 Å². The third-order valence-corrected chi connectivity index (χ3v) is 6.86. The summed E-state index contributed by atoms with van der Waals surface area (Å²) in [6.45, 7) is 5.77. The molecule has 0 radical (unpaired) electrons. The lowest BCUT2D eigenvalue weighted by molar-refractivity contribution is -0.112. The number of hydrogen-bond donors (Lipinski definition) is 0. The number of imidazole rings is 1. The molecule has 4 aromatic rings. The van der Waals surface area contributed by atoms with Crippen molar-refractivity contribution < 1.29 is 14.4 Å². The van der Waals surface area contributed by atoms with Gasteiger partial charge in [0.2, 0.25) is 0 Å². The molecule has 1 aliphatic rings. The third-order valence-electron chi connectivity index (χ3n) is 6.86. The van der Waals surface area contributed by atoms with Gasteiger partial charge in [-0.3, -0.25) is 14.5 Å². The Hall–Kier alpha value is -4.46. The molecule has 8 nitrogen and oxygen atoms in total. The van der Waals surface area contributed by atoms with Crippen molar-refractivity contribution in [1.82, 2.24) is 14.5 Å². The quantitative estimate of drug-likeness (QED) is 0.281. The molecule has 200 valence electrons. The molecule has 0 aliphatic carbocycles. The van der Waals surface area contributed by atoms with Crippen LogP contribution in [0.1, 0.15) is 47.6 Å². The van der Waals surface area contributed by atoms with Crippen molar-refractivity contribution in [2.24, 2.45) is 11.1 Å². The highest BCUT2D eigenvalue weighted by Gasteiger charge is 2.35. The third kappa shape index (κ3) is 5.41. The van der Waals surface area contributed by atoms with Crippen molar-refractivity contribution in [3.63, 3.8) is 0 Å². The van der Waals surface area contributed by atoms with E-state index in [9.17, 15) is 9.59 Å². The SMILES string of the molecule is CC(C)CCn1c(CN2C(=O)/C(=N/OCc3ccc(C(=O)N(C)C)cc3)c3ccccc32)nc2ccccc21. The van der Waals surface area contributed by atoms with Crippen molar-refractivity contribution in [3.8, 4) is 0 Å². The van der Waals surface area contributed by atoms with Crippen LogP contribution in [-0.2, 0) is 29.3 Å². The van der Waals surface area contributed by atoms with Crippen LogP contribution < -0.4 is 4.90 Å². The summed E-state index contributed by atoms with van der Waals surface area (Å²) in [4.78, 5) is 39.5. The van der Waals surface area contributed by atoms with Gasteiger partial charge in [0.05, 0.1) is 23.3 Å². The second-order valence-corrected chi connectivity index (χ2v) is 10.4. The lowest BCUT2D eigenvalue weighted by Crippen LogP contribution is -2.31. The number of carbonyl (C=O) groups is 2. The summed E-state index contributed by atoms with van der Waals surface area (Å²) in [6, 6.07) is 22.9. The molecule has 0 bridgehead atoms. The van der Waals surface area contributed by atoms with Gasteiger partial charge >= 0.3 is 0 Å². The second-order valence-electron chi connectivity index (χ2n) is 10.4. The Balaban J connectivity index is 1.37. The Morgan fingerprint density at radius 2 is 1.72 bits per heavy atom. The molecule has 0 atom stereocenters. The number of amides is 2. The zero-order chi connectivity index (χ0) is 27.5. The molecule has 1 aliphatic heterocycles. The van der Waals surface area contributed by atoms with E-state index in [-0.39, 0.29) is 24.1 Å². The highest BCUT2D eigenvalue weighted by molar-refractivity contribution is 6.54. The van der Waals surface area contributed by atoms with Crippen LogP contribution in [0, 0.1) is 5.92 Å². The molecule has 3 aromatic carbocycles. The number of fused-ring (bicyclic) bond motifs is 2. The first-order valence-electron chi connectivity index (χ1n) is 13.2. The number of para-hydroxylation sites is 3. The molecule has 0 unspecified atom stereocenters. The van der Waals surface area contributed by atoms with Crippen LogP contribution in [0.25, 0.3) is 11.0 Å². The Morgan fingerprint density at radius 3 is 2.46 bits per heavy atom. The van der Waals surface area contributed by atoms with E-state index < -0.39 is 0 Å². The van der Waals surface area contributed by atoms with Gasteiger partial charge in [-0.05, 0) is 48.2 Å². The number of rotatable bonds is 9. The predicted molar refractivity (Wildman–Crippen MR) is 153 cm³/mol. The van der Waals surface area contributed by atoms with Crippen molar-refractivity contribution >= 4 is 34.2 Å². The second kappa shape index (κ2) is 11.1. The van der Waals surface area contributed by atoms with Crippen LogP contribution in [0.3, 0.4) is 0 Å². The highest BCUT2D eigenvalue weighted by atomic mass is 16.6. The van der Waals surface area contributed by atoms with Gasteiger partial charge < -0.3 is 14.3 Å². The van der Waals surface area contributed by atoms with Crippen LogP contribution in [-0.4, -0.2) is 46.1 Å². The molecule has 0 saturated heterocycles. The van der Waals surface area contributed by atoms with Crippen LogP contribution >= 0.6 is 0 Å². The van der Waals surface area contributed by atoms with Crippen LogP contribution in [0.15, 0.2) is 78.0 Å². The molecule has 0 N–H and O–H groups in total. The van der Waals surface area contributed by atoms with Gasteiger partial charge in [0.1, 0.15) is 12.4 Å². The van der Waals surface area contributed by atoms with Crippen molar-refractivity contribution in [3.05, 3.63) is 95.3 Å². The largest absolute Gasteiger partial charge is 0.390 e. The van der Waals surface area contributed by atoms with E-state index in [1.54, 1.807) is 31.1 Å². The smallest absolute Gasteiger partial charge is 0.281 e. The number of anilines is 1. The van der Waals surface area contributed by atoms with E-state index in [1.807, 2.05) is 54.6 Å². The Morgan fingerprint density at radius 1 is 1.00 bits per heavy atom. The first-order valence-corrected chi connectivity index (χ1v) is 13.2. The summed E-state index contributed by atoms with van der Waals surface area (Å²) in [6.07, 6.45) is 1.02. The molecule has 2 amide bonds. The highest BCUT2D eigenvalue weighted by Crippen LogP contribution is 2.31. The number of nitrogens with zero attached hydrogens (tertiary/aromatic N) is 5. The minimum atomic E-state index is -0.217. The maximum absolute atomic E-state index is 13.6. The fraction of sp³-hybridized carbons (Fsp3) is 0.290. The average Bonchev–Trinajstić information content (AvgIpc) is 3.42. The number of oxime groups is 1. The Bertz CT molecular complexity index is 1540. The molecule has 39 heavy (non-hydrogen) atoms. The first-order chi connectivity index (χ1) is 18.8. The first kappa shape index (κ1) is 26.2. The maximum Gasteiger partial charge on any atom is 0.281 e. The number of benzene rings is 3. The average molecular weight is 524 g/mol. The maximum atomic E-state index is 13.6. The fourth-order valence-electron chi connectivity index (χ4n) is 4.70. The fourth-order valence-corrected chi connectivity index (χ4v) is 4.70. The molecule has 8 heteroatoms. The van der Waals surface area contributed by atoms with Crippen molar-refractivity contribution in [2.45, 2.75) is 40.0 Å². The molecule has 5 rings (SSSR count). The molecule has 1 aromatic heterocycles. The van der Waals surface area contributed by atoms with Gasteiger partial charge in [-0.1, -0.05) is 61.5 Å². The normalized spacial score (nSPS) is 13.9. The minimum Gasteiger partial charge on any atom is -0.390 e. The number of carbonyl (C=O) groups excluding carboxylic acids is 2. The minimum absolute atomic E-state index is 0.0614. The van der Waals surface area contributed by atoms with Crippen molar-refractivity contribution in [1.29, 1.82) is 0 Å². The monoisotopic (exact) mass is 523 g/mol. The molecule has 0 saturated carbocycles. The van der Waals surface area contributed by atoms with Gasteiger partial charge in [-0.15, -0.1) is 0 Å². The summed E-state index contributed by atoms with van der Waals surface area (Å²) >= 11 is 0. The topological polar surface area (TPSA) is 80.0 Å². The molecule has 0 fully saturated rings. The molecular weight excluding hydrogens is 490 g/mol. The van der Waals surface area contributed by atoms with Gasteiger partial charge in [0.15, 0.2) is 5.71 Å². The summed E-state index contributed by atoms with van der Waals surface area (Å²) in [7, 11) is 3.44. The summed E-state index contributed by atoms with van der Waals surface area (Å²) in [5.41, 5.74) is 5.25. The van der Waals surface area contributed by atoms with E-state index in [0.717, 1.165) is 46.6 Å². The summed E-state index contributed by atoms with van der Waals surface area (Å²) in [5.74, 6) is 1.11. The van der Waals surface area contributed by atoms with Gasteiger partial charge in [0, 0.05) is 31.8 Å². The van der Waals surface area contributed by atoms with Crippen LogP contribution in [0.4, 0.5) is 5.69 Å². The van der Waals surface area contributed by atoms with Crippen LogP contribution in [0.2, 0.25) is 0 Å². The number of hydrogen-bond acceptors (Lipinski definition) is 5. The van der Waals surface area contributed by atoms with E-state index in [4.69, 9.17) is 9.82 Å². The number of aryl methyl sites for hydroxylation is 1. The zero-order valence-corrected chi connectivity index (χ0v) is 22.8. The lowest BCUT2D eigenvalue weighted by Gasteiger charge is -2.18. The molecule has 2 heterocycles. The standard InChI is InChI=1S/C31H33N5O3/c1-21(2)17-18-35-27-12-8-6-10-25(27)32-28(35)19-36-26-11-7-5-9-24(26)29(31(36)38)33-39-20-22-13-15-23(16-14-22)30(37)34(3)4/h5-16,21H,17-20H2,1-4H3/b33-29+. The van der Waals surface area contributed by atoms with E-state index in [0.29, 0.717) is 18.0 Å². The molecular formula is C31H33N5O3. The Kier molecular flexibility index (Phi) is 7.45. The van der Waals surface area contributed by atoms with E-state index in [1.165, 1.54) is 4.90 Å². The van der Waals surface area contributed by atoms with E-state index >= 15 is 0 Å². The lowest BCUT2D eigenvalue weighted by atomic mass is 10.1.